The first-order chi connectivity index (χ1) is 9.04. The highest BCUT2D eigenvalue weighted by molar-refractivity contribution is 5.68. The molecule has 3 N–H and O–H groups in total. The van der Waals surface area contributed by atoms with Gasteiger partial charge in [-0.05, 0) is 11.6 Å². The van der Waals surface area contributed by atoms with Gasteiger partial charge in [0.2, 0.25) is 0 Å². The summed E-state index contributed by atoms with van der Waals surface area (Å²) in [4.78, 5) is 10.8. The topological polar surface area (TPSA) is 91.0 Å². The lowest BCUT2D eigenvalue weighted by Crippen LogP contribution is -2.17. The zero-order chi connectivity index (χ0) is 14.4. The monoisotopic (exact) mass is 269 g/mol. The van der Waals surface area contributed by atoms with Gasteiger partial charge in [0.05, 0.1) is 27.2 Å². The number of hydrogen-bond acceptors (Lipinski definition) is 5. The molecule has 1 aromatic carbocycles. The zero-order valence-corrected chi connectivity index (χ0v) is 11.3. The van der Waals surface area contributed by atoms with E-state index in [2.05, 4.69) is 0 Å². The molecule has 1 unspecified atom stereocenters. The van der Waals surface area contributed by atoms with Gasteiger partial charge in [0.15, 0.2) is 11.5 Å². The van der Waals surface area contributed by atoms with E-state index in [1.807, 2.05) is 0 Å². The first-order valence-electron chi connectivity index (χ1n) is 5.75. The molecule has 1 atom stereocenters. The molecule has 0 fully saturated rings. The van der Waals surface area contributed by atoms with Gasteiger partial charge in [-0.3, -0.25) is 4.79 Å². The maximum atomic E-state index is 10.8. The van der Waals surface area contributed by atoms with E-state index in [4.69, 9.17) is 25.1 Å². The lowest BCUT2D eigenvalue weighted by Gasteiger charge is -2.19. The fourth-order valence-electron chi connectivity index (χ4n) is 1.94. The second kappa shape index (κ2) is 6.96. The van der Waals surface area contributed by atoms with Crippen molar-refractivity contribution in [2.75, 3.05) is 21.3 Å². The molecule has 0 radical (unpaired) electrons. The molecule has 0 bridgehead atoms. The van der Waals surface area contributed by atoms with Crippen LogP contribution < -0.4 is 15.2 Å². The highest BCUT2D eigenvalue weighted by atomic mass is 16.5. The van der Waals surface area contributed by atoms with E-state index < -0.39 is 12.0 Å². The molecule has 6 heteroatoms. The van der Waals surface area contributed by atoms with Crippen LogP contribution in [0.4, 0.5) is 0 Å². The van der Waals surface area contributed by atoms with Crippen molar-refractivity contribution in [3.05, 3.63) is 23.3 Å². The van der Waals surface area contributed by atoms with Crippen LogP contribution in [0, 0.1) is 0 Å². The highest BCUT2D eigenvalue weighted by Crippen LogP contribution is 2.36. The van der Waals surface area contributed by atoms with Crippen molar-refractivity contribution in [3.63, 3.8) is 0 Å². The van der Waals surface area contributed by atoms with E-state index in [1.165, 1.54) is 14.2 Å². The number of hydrogen-bond donors (Lipinski definition) is 2. The Morgan fingerprint density at radius 1 is 1.32 bits per heavy atom. The molecule has 1 aromatic rings. The molecule has 0 aliphatic carbocycles. The summed E-state index contributed by atoms with van der Waals surface area (Å²) in [5, 5.41) is 8.83. The summed E-state index contributed by atoms with van der Waals surface area (Å²) in [6.45, 7) is 0.267. The van der Waals surface area contributed by atoms with Crippen molar-refractivity contribution in [2.24, 2.45) is 5.73 Å². The van der Waals surface area contributed by atoms with E-state index in [-0.39, 0.29) is 13.0 Å². The molecule has 1 rings (SSSR count). The van der Waals surface area contributed by atoms with Gasteiger partial charge >= 0.3 is 5.97 Å². The van der Waals surface area contributed by atoms with Gasteiger partial charge in [0.1, 0.15) is 0 Å². The summed E-state index contributed by atoms with van der Waals surface area (Å²) in [7, 11) is 4.60. The Morgan fingerprint density at radius 3 is 2.47 bits per heavy atom. The molecular formula is C13H19NO5. The summed E-state index contributed by atoms with van der Waals surface area (Å²) in [6, 6.07) is 2.82. The van der Waals surface area contributed by atoms with Crippen molar-refractivity contribution in [1.29, 1.82) is 0 Å². The summed E-state index contributed by atoms with van der Waals surface area (Å²) >= 11 is 0. The van der Waals surface area contributed by atoms with Crippen molar-refractivity contribution in [2.45, 2.75) is 19.1 Å². The zero-order valence-electron chi connectivity index (χ0n) is 11.3. The van der Waals surface area contributed by atoms with E-state index in [1.54, 1.807) is 19.2 Å². The molecule has 0 amide bonds. The Balaban J connectivity index is 3.26. The molecule has 19 heavy (non-hydrogen) atoms. The van der Waals surface area contributed by atoms with Crippen molar-refractivity contribution in [1.82, 2.24) is 0 Å². The lowest BCUT2D eigenvalue weighted by atomic mass is 9.97. The van der Waals surface area contributed by atoms with Crippen molar-refractivity contribution >= 4 is 5.97 Å². The molecule has 106 valence electrons. The third-order valence-corrected chi connectivity index (χ3v) is 2.77. The van der Waals surface area contributed by atoms with Crippen molar-refractivity contribution in [3.8, 4) is 11.5 Å². The fraction of sp³-hybridized carbons (Fsp3) is 0.462. The third kappa shape index (κ3) is 3.59. The SMILES string of the molecule is COCc1c(C(N)CC(=O)O)ccc(OC)c1OC. The minimum atomic E-state index is -0.953. The Hall–Kier alpha value is -1.79. The number of ether oxygens (including phenoxy) is 3. The van der Waals surface area contributed by atoms with Gasteiger partial charge in [0.25, 0.3) is 0 Å². The molecule has 0 spiro atoms. The van der Waals surface area contributed by atoms with Crippen molar-refractivity contribution < 1.29 is 24.1 Å². The van der Waals surface area contributed by atoms with Crippen LogP contribution in [-0.2, 0) is 16.1 Å². The largest absolute Gasteiger partial charge is 0.493 e. The molecule has 0 saturated carbocycles. The van der Waals surface area contributed by atoms with Crippen LogP contribution in [0.15, 0.2) is 12.1 Å². The number of aliphatic carboxylic acids is 1. The standard InChI is InChI=1S/C13H19NO5/c1-17-7-9-8(10(14)6-12(15)16)4-5-11(18-2)13(9)19-3/h4-5,10H,6-7,14H2,1-3H3,(H,15,16). The molecule has 0 aliphatic heterocycles. The Labute approximate surface area is 112 Å². The van der Waals surface area contributed by atoms with Crippen LogP contribution in [0.3, 0.4) is 0 Å². The van der Waals surface area contributed by atoms with Gasteiger partial charge in [-0.15, -0.1) is 0 Å². The van der Waals surface area contributed by atoms with Crippen LogP contribution in [0.2, 0.25) is 0 Å². The number of benzene rings is 1. The molecule has 0 aliphatic rings. The summed E-state index contributed by atoms with van der Waals surface area (Å²) in [6.07, 6.45) is -0.161. The minimum Gasteiger partial charge on any atom is -0.493 e. The van der Waals surface area contributed by atoms with Gasteiger partial charge in [-0.2, -0.15) is 0 Å². The van der Waals surface area contributed by atoms with E-state index in [9.17, 15) is 4.79 Å². The fourth-order valence-corrected chi connectivity index (χ4v) is 1.94. The Morgan fingerprint density at radius 2 is 2.00 bits per heavy atom. The quantitative estimate of drug-likeness (QED) is 0.776. The molecular weight excluding hydrogens is 250 g/mol. The smallest absolute Gasteiger partial charge is 0.305 e. The van der Waals surface area contributed by atoms with Crippen LogP contribution in [0.25, 0.3) is 0 Å². The maximum Gasteiger partial charge on any atom is 0.305 e. The van der Waals surface area contributed by atoms with Crippen LogP contribution in [0.5, 0.6) is 11.5 Å². The number of nitrogens with two attached hydrogens (primary N) is 1. The van der Waals surface area contributed by atoms with Gasteiger partial charge < -0.3 is 25.1 Å². The van der Waals surface area contributed by atoms with Gasteiger partial charge in [0, 0.05) is 18.7 Å². The van der Waals surface area contributed by atoms with Crippen LogP contribution in [-0.4, -0.2) is 32.4 Å². The Kier molecular flexibility index (Phi) is 5.59. The van der Waals surface area contributed by atoms with Crippen LogP contribution in [0.1, 0.15) is 23.6 Å². The predicted octanol–water partition coefficient (Wildman–Crippen LogP) is 1.32. The number of carboxylic acid groups (broad SMARTS) is 1. The highest BCUT2D eigenvalue weighted by Gasteiger charge is 2.20. The van der Waals surface area contributed by atoms with Crippen LogP contribution >= 0.6 is 0 Å². The van der Waals surface area contributed by atoms with E-state index in [0.29, 0.717) is 22.6 Å². The average molecular weight is 269 g/mol. The maximum absolute atomic E-state index is 10.8. The molecule has 6 nitrogen and oxygen atoms in total. The molecule has 0 heterocycles. The molecule has 0 aromatic heterocycles. The van der Waals surface area contributed by atoms with E-state index in [0.717, 1.165) is 0 Å². The summed E-state index contributed by atoms with van der Waals surface area (Å²) in [5.74, 6) is 0.120. The average Bonchev–Trinajstić information content (AvgIpc) is 2.37. The second-order valence-electron chi connectivity index (χ2n) is 4.01. The number of carbonyl (C=O) groups is 1. The van der Waals surface area contributed by atoms with Gasteiger partial charge in [-0.1, -0.05) is 6.07 Å². The normalized spacial score (nSPS) is 12.0. The second-order valence-corrected chi connectivity index (χ2v) is 4.01. The number of methoxy groups -OCH3 is 3. The molecule has 0 saturated heterocycles. The third-order valence-electron chi connectivity index (χ3n) is 2.77. The summed E-state index contributed by atoms with van der Waals surface area (Å²) in [5.41, 5.74) is 7.30. The minimum absolute atomic E-state index is 0.161. The van der Waals surface area contributed by atoms with E-state index >= 15 is 0 Å². The van der Waals surface area contributed by atoms with Gasteiger partial charge in [-0.25, -0.2) is 0 Å². The predicted molar refractivity (Wildman–Crippen MR) is 69.4 cm³/mol. The number of rotatable bonds is 7. The summed E-state index contributed by atoms with van der Waals surface area (Å²) < 4.78 is 15.6. The number of carboxylic acids is 1. The first-order valence-corrected chi connectivity index (χ1v) is 5.75. The lowest BCUT2D eigenvalue weighted by molar-refractivity contribution is -0.137. The first kappa shape index (κ1) is 15.3. The Bertz CT molecular complexity index is 447.